The van der Waals surface area contributed by atoms with E-state index in [1.807, 2.05) is 0 Å². The van der Waals surface area contributed by atoms with Gasteiger partial charge in [0, 0.05) is 6.20 Å². The van der Waals surface area contributed by atoms with Crippen molar-refractivity contribution in [3.63, 3.8) is 0 Å². The molecule has 2 N–H and O–H groups in total. The lowest BCUT2D eigenvalue weighted by atomic mass is 10.3. The highest BCUT2D eigenvalue weighted by Gasteiger charge is 1.95. The summed E-state index contributed by atoms with van der Waals surface area (Å²) < 4.78 is 0. The minimum absolute atomic E-state index is 0. The van der Waals surface area contributed by atoms with Gasteiger partial charge in [-0.05, 0) is 12.1 Å². The number of aromatic nitrogens is 1. The Kier molecular flexibility index (Phi) is 3.76. The van der Waals surface area contributed by atoms with Crippen LogP contribution in [0.3, 0.4) is 0 Å². The number of aliphatic hydroxyl groups excluding tert-OH is 1. The standard InChI is InChI=1S/C6H7NO2.ClH/c8-4-5-6(9)2-1-3-7-5;/h1-3,8-9H,4H2;1H. The van der Waals surface area contributed by atoms with Crippen LogP contribution in [0.1, 0.15) is 5.69 Å². The first-order valence-electron chi connectivity index (χ1n) is 2.58. The summed E-state index contributed by atoms with van der Waals surface area (Å²) in [5.74, 6) is 0.0417. The van der Waals surface area contributed by atoms with Crippen molar-refractivity contribution in [3.8, 4) is 5.75 Å². The normalized spacial score (nSPS) is 8.50. The summed E-state index contributed by atoms with van der Waals surface area (Å²) in [6, 6.07) is 3.09. The molecule has 0 saturated heterocycles. The monoisotopic (exact) mass is 161 g/mol. The van der Waals surface area contributed by atoms with E-state index in [0.717, 1.165) is 0 Å². The molecule has 0 aromatic carbocycles. The Hall–Kier alpha value is -0.800. The van der Waals surface area contributed by atoms with Crippen LogP contribution in [0.15, 0.2) is 18.3 Å². The van der Waals surface area contributed by atoms with E-state index in [1.54, 1.807) is 6.07 Å². The van der Waals surface area contributed by atoms with Crippen LogP contribution in [-0.2, 0) is 6.61 Å². The SMILES string of the molecule is Cl.OCc1ncccc1O. The van der Waals surface area contributed by atoms with E-state index in [1.165, 1.54) is 12.3 Å². The Labute approximate surface area is 64.8 Å². The molecule has 0 amide bonds. The second kappa shape index (κ2) is 4.09. The molecule has 1 aromatic rings. The Morgan fingerprint density at radius 1 is 1.50 bits per heavy atom. The van der Waals surface area contributed by atoms with Crippen molar-refractivity contribution in [2.75, 3.05) is 0 Å². The van der Waals surface area contributed by atoms with Gasteiger partial charge in [0.05, 0.1) is 6.61 Å². The van der Waals surface area contributed by atoms with Crippen molar-refractivity contribution in [1.29, 1.82) is 0 Å². The van der Waals surface area contributed by atoms with Gasteiger partial charge < -0.3 is 10.2 Å². The molecule has 1 rings (SSSR count). The first-order valence-corrected chi connectivity index (χ1v) is 2.58. The van der Waals surface area contributed by atoms with E-state index in [4.69, 9.17) is 10.2 Å². The maximum absolute atomic E-state index is 8.89. The summed E-state index contributed by atoms with van der Waals surface area (Å²) >= 11 is 0. The smallest absolute Gasteiger partial charge is 0.139 e. The van der Waals surface area contributed by atoms with E-state index < -0.39 is 0 Å². The zero-order valence-electron chi connectivity index (χ0n) is 5.19. The molecular weight excluding hydrogens is 154 g/mol. The van der Waals surface area contributed by atoms with Crippen molar-refractivity contribution < 1.29 is 10.2 Å². The fourth-order valence-electron chi connectivity index (χ4n) is 0.551. The van der Waals surface area contributed by atoms with Gasteiger partial charge in [-0.25, -0.2) is 0 Å². The molecule has 0 saturated carbocycles. The largest absolute Gasteiger partial charge is 0.506 e. The zero-order valence-corrected chi connectivity index (χ0v) is 6.01. The maximum Gasteiger partial charge on any atom is 0.139 e. The molecule has 0 atom stereocenters. The molecule has 3 nitrogen and oxygen atoms in total. The molecule has 0 aliphatic rings. The summed E-state index contributed by atoms with van der Waals surface area (Å²) in [6.45, 7) is -0.216. The summed E-state index contributed by atoms with van der Waals surface area (Å²) in [5.41, 5.74) is 0.317. The lowest BCUT2D eigenvalue weighted by Gasteiger charge is -1.95. The molecule has 56 valence electrons. The van der Waals surface area contributed by atoms with Crippen LogP contribution >= 0.6 is 12.4 Å². The Bertz CT molecular complexity index is 205. The molecule has 0 fully saturated rings. The molecule has 10 heavy (non-hydrogen) atoms. The van der Waals surface area contributed by atoms with E-state index in [0.29, 0.717) is 5.69 Å². The maximum atomic E-state index is 8.89. The minimum atomic E-state index is -0.216. The van der Waals surface area contributed by atoms with Gasteiger partial charge in [0.1, 0.15) is 11.4 Å². The number of hydrogen-bond donors (Lipinski definition) is 2. The quantitative estimate of drug-likeness (QED) is 0.638. The second-order valence-electron chi connectivity index (χ2n) is 1.63. The predicted octanol–water partition coefficient (Wildman–Crippen LogP) is 0.701. The molecule has 0 aliphatic heterocycles. The predicted molar refractivity (Wildman–Crippen MR) is 39.1 cm³/mol. The highest BCUT2D eigenvalue weighted by Crippen LogP contribution is 2.10. The topological polar surface area (TPSA) is 53.4 Å². The summed E-state index contributed by atoms with van der Waals surface area (Å²) in [4.78, 5) is 3.70. The van der Waals surface area contributed by atoms with Crippen LogP contribution < -0.4 is 0 Å². The van der Waals surface area contributed by atoms with Gasteiger partial charge in [0.25, 0.3) is 0 Å². The molecule has 4 heteroatoms. The van der Waals surface area contributed by atoms with E-state index >= 15 is 0 Å². The van der Waals surface area contributed by atoms with Crippen molar-refractivity contribution >= 4 is 12.4 Å². The van der Waals surface area contributed by atoms with Gasteiger partial charge in [0.2, 0.25) is 0 Å². The molecule has 1 heterocycles. The van der Waals surface area contributed by atoms with E-state index in [9.17, 15) is 0 Å². The summed E-state index contributed by atoms with van der Waals surface area (Å²) in [5, 5.41) is 17.4. The van der Waals surface area contributed by atoms with Gasteiger partial charge in [-0.3, -0.25) is 4.98 Å². The highest BCUT2D eigenvalue weighted by molar-refractivity contribution is 5.85. The number of halogens is 1. The van der Waals surface area contributed by atoms with Crippen molar-refractivity contribution in [1.82, 2.24) is 4.98 Å². The second-order valence-corrected chi connectivity index (χ2v) is 1.63. The van der Waals surface area contributed by atoms with Gasteiger partial charge in [-0.1, -0.05) is 0 Å². The average Bonchev–Trinajstić information content (AvgIpc) is 1.89. The van der Waals surface area contributed by atoms with Crippen LogP contribution in [0.5, 0.6) is 5.75 Å². The third kappa shape index (κ3) is 1.86. The van der Waals surface area contributed by atoms with Gasteiger partial charge in [-0.2, -0.15) is 0 Å². The van der Waals surface area contributed by atoms with Crippen LogP contribution in [0.2, 0.25) is 0 Å². The Balaban J connectivity index is 0.000000810. The lowest BCUT2D eigenvalue weighted by molar-refractivity contribution is 0.270. The third-order valence-electron chi connectivity index (χ3n) is 1.02. The van der Waals surface area contributed by atoms with Gasteiger partial charge in [0.15, 0.2) is 0 Å². The number of aromatic hydroxyl groups is 1. The highest BCUT2D eigenvalue weighted by atomic mass is 35.5. The molecule has 0 radical (unpaired) electrons. The zero-order chi connectivity index (χ0) is 6.69. The number of hydrogen-bond acceptors (Lipinski definition) is 3. The fraction of sp³-hybridized carbons (Fsp3) is 0.167. The van der Waals surface area contributed by atoms with Crippen molar-refractivity contribution in [2.24, 2.45) is 0 Å². The number of nitrogens with zero attached hydrogens (tertiary/aromatic N) is 1. The summed E-state index contributed by atoms with van der Waals surface area (Å²) in [6.07, 6.45) is 1.52. The van der Waals surface area contributed by atoms with Crippen LogP contribution in [-0.4, -0.2) is 15.2 Å². The number of pyridine rings is 1. The average molecular weight is 162 g/mol. The molecule has 0 aliphatic carbocycles. The molecule has 0 spiro atoms. The van der Waals surface area contributed by atoms with Gasteiger partial charge >= 0.3 is 0 Å². The minimum Gasteiger partial charge on any atom is -0.506 e. The van der Waals surface area contributed by atoms with E-state index in [-0.39, 0.29) is 24.8 Å². The van der Waals surface area contributed by atoms with E-state index in [2.05, 4.69) is 4.98 Å². The molecule has 0 unspecified atom stereocenters. The third-order valence-corrected chi connectivity index (χ3v) is 1.02. The first kappa shape index (κ1) is 9.20. The Morgan fingerprint density at radius 3 is 2.60 bits per heavy atom. The summed E-state index contributed by atoms with van der Waals surface area (Å²) in [7, 11) is 0. The van der Waals surface area contributed by atoms with Crippen LogP contribution in [0.4, 0.5) is 0 Å². The van der Waals surface area contributed by atoms with Crippen LogP contribution in [0.25, 0.3) is 0 Å². The Morgan fingerprint density at radius 2 is 2.20 bits per heavy atom. The lowest BCUT2D eigenvalue weighted by Crippen LogP contribution is -1.86. The van der Waals surface area contributed by atoms with Crippen molar-refractivity contribution in [3.05, 3.63) is 24.0 Å². The van der Waals surface area contributed by atoms with Crippen molar-refractivity contribution in [2.45, 2.75) is 6.61 Å². The van der Waals surface area contributed by atoms with Crippen LogP contribution in [0, 0.1) is 0 Å². The molecule has 0 bridgehead atoms. The molecular formula is C6H8ClNO2. The molecule has 1 aromatic heterocycles. The fourth-order valence-corrected chi connectivity index (χ4v) is 0.551. The van der Waals surface area contributed by atoms with Gasteiger partial charge in [-0.15, -0.1) is 12.4 Å². The number of aliphatic hydroxyl groups is 1. The number of rotatable bonds is 1. The first-order chi connectivity index (χ1) is 4.34.